The molecule has 2 heterocycles. The molecule has 1 amide bonds. The molecule has 0 unspecified atom stereocenters. The number of nitrogens with one attached hydrogen (secondary N) is 1. The molecule has 0 saturated heterocycles. The first-order valence-electron chi connectivity index (χ1n) is 9.48. The Kier molecular flexibility index (Phi) is 5.99. The molecule has 0 radical (unpaired) electrons. The second kappa shape index (κ2) is 9.02. The van der Waals surface area contributed by atoms with Gasteiger partial charge < -0.3 is 14.2 Å². The van der Waals surface area contributed by atoms with E-state index < -0.39 is 0 Å². The molecular weight excluding hydrogens is 432 g/mol. The van der Waals surface area contributed by atoms with Gasteiger partial charge in [0.15, 0.2) is 11.5 Å². The van der Waals surface area contributed by atoms with Gasteiger partial charge in [0.25, 0.3) is 5.91 Å². The molecule has 0 atom stereocenters. The number of ether oxygens (including phenoxy) is 3. The number of rotatable bonds is 7. The smallest absolute Gasteiger partial charge is 0.261 e. The van der Waals surface area contributed by atoms with E-state index >= 15 is 0 Å². The normalized spacial score (nSPS) is 10.6. The first kappa shape index (κ1) is 21.2. The van der Waals surface area contributed by atoms with Crippen LogP contribution in [-0.2, 0) is 0 Å². The number of methoxy groups -OCH3 is 3. The Morgan fingerprint density at radius 3 is 2.56 bits per heavy atom. The number of nitrogens with zero attached hydrogens (tertiary/aromatic N) is 5. The summed E-state index contributed by atoms with van der Waals surface area (Å²) >= 11 is 1.05. The fraction of sp³-hybridized carbons (Fsp3) is 0.190. The highest BCUT2D eigenvalue weighted by Crippen LogP contribution is 2.30. The molecule has 0 spiro atoms. The van der Waals surface area contributed by atoms with Gasteiger partial charge in [-0.1, -0.05) is 17.3 Å². The first-order chi connectivity index (χ1) is 15.5. The van der Waals surface area contributed by atoms with E-state index in [4.69, 9.17) is 14.2 Å². The minimum atomic E-state index is -0.341. The molecule has 0 aliphatic rings. The van der Waals surface area contributed by atoms with Crippen LogP contribution >= 0.6 is 11.5 Å². The zero-order valence-corrected chi connectivity index (χ0v) is 18.6. The van der Waals surface area contributed by atoms with Crippen LogP contribution in [0.3, 0.4) is 0 Å². The third-order valence-electron chi connectivity index (χ3n) is 4.72. The number of hydrogen-bond donors (Lipinski definition) is 1. The van der Waals surface area contributed by atoms with E-state index in [2.05, 4.69) is 25.0 Å². The van der Waals surface area contributed by atoms with Crippen LogP contribution in [0.2, 0.25) is 0 Å². The maximum atomic E-state index is 12.6. The lowest BCUT2D eigenvalue weighted by Crippen LogP contribution is -2.12. The molecule has 0 aliphatic heterocycles. The van der Waals surface area contributed by atoms with Crippen LogP contribution < -0.4 is 19.5 Å². The predicted octanol–water partition coefficient (Wildman–Crippen LogP) is 3.37. The third kappa shape index (κ3) is 3.97. The highest BCUT2D eigenvalue weighted by molar-refractivity contribution is 7.10. The van der Waals surface area contributed by atoms with Crippen LogP contribution in [0, 0.1) is 6.92 Å². The van der Waals surface area contributed by atoms with E-state index in [9.17, 15) is 4.79 Å². The summed E-state index contributed by atoms with van der Waals surface area (Å²) < 4.78 is 22.0. The summed E-state index contributed by atoms with van der Waals surface area (Å²) in [5.74, 6) is 1.76. The van der Waals surface area contributed by atoms with Crippen molar-refractivity contribution >= 4 is 22.6 Å². The highest BCUT2D eigenvalue weighted by Gasteiger charge is 2.20. The quantitative estimate of drug-likeness (QED) is 0.454. The molecule has 10 nitrogen and oxygen atoms in total. The Labute approximate surface area is 187 Å². The number of benzene rings is 2. The summed E-state index contributed by atoms with van der Waals surface area (Å²) in [6.45, 7) is 1.85. The van der Waals surface area contributed by atoms with Crippen molar-refractivity contribution in [3.63, 3.8) is 0 Å². The molecule has 2 aromatic carbocycles. The van der Waals surface area contributed by atoms with E-state index in [1.165, 1.54) is 7.11 Å². The van der Waals surface area contributed by atoms with Gasteiger partial charge in [-0.3, -0.25) is 10.1 Å². The van der Waals surface area contributed by atoms with Crippen molar-refractivity contribution in [2.75, 3.05) is 26.6 Å². The van der Waals surface area contributed by atoms with Crippen molar-refractivity contribution in [2.24, 2.45) is 0 Å². The predicted molar refractivity (Wildman–Crippen MR) is 119 cm³/mol. The zero-order valence-electron chi connectivity index (χ0n) is 17.8. The van der Waals surface area contributed by atoms with Crippen LogP contribution in [0.5, 0.6) is 17.2 Å². The van der Waals surface area contributed by atoms with Gasteiger partial charge in [-0.2, -0.15) is 9.36 Å². The van der Waals surface area contributed by atoms with E-state index in [1.807, 2.05) is 6.92 Å². The van der Waals surface area contributed by atoms with Crippen LogP contribution in [0.15, 0.2) is 42.5 Å². The fourth-order valence-corrected chi connectivity index (χ4v) is 3.66. The Bertz CT molecular complexity index is 1270. The van der Waals surface area contributed by atoms with Crippen LogP contribution in [0.4, 0.5) is 5.13 Å². The van der Waals surface area contributed by atoms with Gasteiger partial charge in [-0.25, -0.2) is 4.68 Å². The minimum absolute atomic E-state index is 0.337. The SMILES string of the molecule is COc1ccc(OC)c(-n2nnc(-c3nsc(NC(=O)c4ccccc4OC)n3)c2C)c1. The molecule has 0 fully saturated rings. The summed E-state index contributed by atoms with van der Waals surface area (Å²) in [5, 5.41) is 11.6. The van der Waals surface area contributed by atoms with E-state index in [1.54, 1.807) is 61.4 Å². The average molecular weight is 452 g/mol. The van der Waals surface area contributed by atoms with Gasteiger partial charge in [-0.05, 0) is 31.2 Å². The number of hydrogen-bond acceptors (Lipinski definition) is 9. The Morgan fingerprint density at radius 1 is 1.03 bits per heavy atom. The van der Waals surface area contributed by atoms with Crippen LogP contribution in [0.25, 0.3) is 17.2 Å². The van der Waals surface area contributed by atoms with Crippen LogP contribution in [0.1, 0.15) is 16.1 Å². The Morgan fingerprint density at radius 2 is 1.81 bits per heavy atom. The van der Waals surface area contributed by atoms with Crippen molar-refractivity contribution in [2.45, 2.75) is 6.92 Å². The lowest BCUT2D eigenvalue weighted by Gasteiger charge is -2.11. The van der Waals surface area contributed by atoms with Crippen molar-refractivity contribution in [1.82, 2.24) is 24.4 Å². The molecule has 0 saturated carbocycles. The molecule has 0 aliphatic carbocycles. The zero-order chi connectivity index (χ0) is 22.7. The second-order valence-corrected chi connectivity index (χ2v) is 7.30. The molecule has 4 rings (SSSR count). The highest BCUT2D eigenvalue weighted by atomic mass is 32.1. The number of anilines is 1. The summed E-state index contributed by atoms with van der Waals surface area (Å²) in [4.78, 5) is 17.0. The summed E-state index contributed by atoms with van der Waals surface area (Å²) in [5.41, 5.74) is 2.27. The van der Waals surface area contributed by atoms with Crippen molar-refractivity contribution < 1.29 is 19.0 Å². The van der Waals surface area contributed by atoms with Gasteiger partial charge in [0.2, 0.25) is 5.13 Å². The molecule has 2 aromatic heterocycles. The number of carbonyl (C=O) groups excluding carboxylic acids is 1. The molecule has 0 bridgehead atoms. The maximum Gasteiger partial charge on any atom is 0.261 e. The molecule has 32 heavy (non-hydrogen) atoms. The van der Waals surface area contributed by atoms with Crippen molar-refractivity contribution in [1.29, 1.82) is 0 Å². The molecule has 164 valence electrons. The van der Waals surface area contributed by atoms with E-state index in [0.717, 1.165) is 11.5 Å². The summed E-state index contributed by atoms with van der Waals surface area (Å²) in [7, 11) is 4.68. The molecule has 4 aromatic rings. The Balaban J connectivity index is 1.61. The standard InChI is InChI=1S/C21H20N6O4S/c1-12-18(24-26-27(12)15-11-13(29-2)9-10-17(15)31-4)19-22-21(32-25-19)23-20(28)14-7-5-6-8-16(14)30-3/h5-11H,1-4H3,(H,22,23,25,28). The minimum Gasteiger partial charge on any atom is -0.497 e. The molecular formula is C21H20N6O4S. The molecule has 1 N–H and O–H groups in total. The Hall–Kier alpha value is -3.99. The first-order valence-corrected chi connectivity index (χ1v) is 10.3. The third-order valence-corrected chi connectivity index (χ3v) is 5.35. The number of carbonyl (C=O) groups is 1. The summed E-state index contributed by atoms with van der Waals surface area (Å²) in [6, 6.07) is 12.3. The number of para-hydroxylation sites is 1. The van der Waals surface area contributed by atoms with Gasteiger partial charge >= 0.3 is 0 Å². The van der Waals surface area contributed by atoms with Gasteiger partial charge in [0, 0.05) is 17.6 Å². The molecule has 11 heteroatoms. The lowest BCUT2D eigenvalue weighted by molar-refractivity contribution is 0.102. The number of amides is 1. The van der Waals surface area contributed by atoms with E-state index in [-0.39, 0.29) is 5.91 Å². The topological polar surface area (TPSA) is 113 Å². The van der Waals surface area contributed by atoms with Crippen molar-refractivity contribution in [3.8, 4) is 34.5 Å². The second-order valence-electron chi connectivity index (χ2n) is 6.55. The van der Waals surface area contributed by atoms with Gasteiger partial charge in [-0.15, -0.1) is 5.10 Å². The van der Waals surface area contributed by atoms with Gasteiger partial charge in [0.05, 0.1) is 32.6 Å². The number of aromatic nitrogens is 5. The largest absolute Gasteiger partial charge is 0.497 e. The average Bonchev–Trinajstić information content (AvgIpc) is 3.44. The monoisotopic (exact) mass is 452 g/mol. The van der Waals surface area contributed by atoms with Crippen molar-refractivity contribution in [3.05, 3.63) is 53.7 Å². The lowest BCUT2D eigenvalue weighted by atomic mass is 10.2. The maximum absolute atomic E-state index is 12.6. The van der Waals surface area contributed by atoms with Gasteiger partial charge in [0.1, 0.15) is 22.9 Å². The van der Waals surface area contributed by atoms with Crippen LogP contribution in [-0.4, -0.2) is 51.6 Å². The van der Waals surface area contributed by atoms with E-state index in [0.29, 0.717) is 50.8 Å². The summed E-state index contributed by atoms with van der Waals surface area (Å²) in [6.07, 6.45) is 0. The fourth-order valence-electron chi connectivity index (χ4n) is 3.09.